The molecule has 0 aliphatic carbocycles. The average Bonchev–Trinajstić information content (AvgIpc) is 3.46. The fourth-order valence-electron chi connectivity index (χ4n) is 8.22. The molecular formula is C43H41N4NaO10S2. The summed E-state index contributed by atoms with van der Waals surface area (Å²) in [7, 11) is -7.84. The smallest absolute Gasteiger partial charge is 0.548 e. The summed E-state index contributed by atoms with van der Waals surface area (Å²) in [5.41, 5.74) is 3.66. The van der Waals surface area contributed by atoms with Gasteiger partial charge in [0.25, 0.3) is 11.8 Å². The molecular weight excluding hydrogens is 820 g/mol. The van der Waals surface area contributed by atoms with Crippen LogP contribution in [0.4, 0.5) is 0 Å². The van der Waals surface area contributed by atoms with Crippen LogP contribution in [0.1, 0.15) is 70.2 Å². The Hall–Kier alpha value is -5.00. The maximum Gasteiger partial charge on any atom is 1.00 e. The number of aliphatic carboxylic acids is 1. The largest absolute Gasteiger partial charge is 1.00 e. The van der Waals surface area contributed by atoms with Crippen LogP contribution in [0.3, 0.4) is 0 Å². The van der Waals surface area contributed by atoms with Gasteiger partial charge in [0.05, 0.1) is 39.3 Å². The number of fused-ring (bicyclic) bond motifs is 2. The second-order valence-corrected chi connectivity index (χ2v) is 20.9. The molecule has 0 spiro atoms. The molecule has 306 valence electrons. The Balaban J connectivity index is 0.000000218. The number of pyridine rings is 2. The number of hydrogen-bond donors (Lipinski definition) is 0. The molecule has 4 aliphatic heterocycles. The third-order valence-electron chi connectivity index (χ3n) is 11.6. The predicted molar refractivity (Wildman–Crippen MR) is 214 cm³/mol. The van der Waals surface area contributed by atoms with Crippen LogP contribution in [0.15, 0.2) is 121 Å². The van der Waals surface area contributed by atoms with E-state index >= 15 is 0 Å². The molecule has 0 saturated carbocycles. The average molecular weight is 861 g/mol. The molecule has 60 heavy (non-hydrogen) atoms. The number of allylic oxidation sites excluding steroid dienone is 2. The number of aromatic nitrogens is 2. The Kier molecular flexibility index (Phi) is 12.0. The van der Waals surface area contributed by atoms with Crippen LogP contribution in [0.25, 0.3) is 11.1 Å². The number of carbonyl (C=O) groups is 4. The topological polar surface area (TPSA) is 201 Å². The van der Waals surface area contributed by atoms with Gasteiger partial charge in [0.2, 0.25) is 0 Å². The molecule has 2 amide bonds. The molecule has 0 N–H and O–H groups in total. The van der Waals surface area contributed by atoms with Crippen LogP contribution >= 0.6 is 0 Å². The number of carboxylic acids is 1. The van der Waals surface area contributed by atoms with Gasteiger partial charge in [0.15, 0.2) is 42.6 Å². The van der Waals surface area contributed by atoms with Crippen molar-refractivity contribution >= 4 is 54.6 Å². The van der Waals surface area contributed by atoms with Crippen molar-refractivity contribution in [1.82, 2.24) is 19.8 Å². The number of benzene rings is 2. The van der Waals surface area contributed by atoms with Gasteiger partial charge in [0, 0.05) is 12.4 Å². The van der Waals surface area contributed by atoms with E-state index < -0.39 is 81.9 Å². The van der Waals surface area contributed by atoms with Crippen molar-refractivity contribution in [3.8, 4) is 0 Å². The molecule has 0 radical (unpaired) electrons. The van der Waals surface area contributed by atoms with Crippen molar-refractivity contribution in [2.75, 3.05) is 0 Å². The molecule has 14 nitrogen and oxygen atoms in total. The molecule has 4 aliphatic rings. The van der Waals surface area contributed by atoms with E-state index in [-0.39, 0.29) is 40.7 Å². The molecule has 4 fully saturated rings. The summed E-state index contributed by atoms with van der Waals surface area (Å²) in [6, 6.07) is 26.0. The number of hydrogen-bond acceptors (Lipinski definition) is 12. The van der Waals surface area contributed by atoms with Gasteiger partial charge in [-0.1, -0.05) is 72.8 Å². The molecule has 17 heteroatoms. The third kappa shape index (κ3) is 6.82. The first-order valence-electron chi connectivity index (χ1n) is 18.7. The van der Waals surface area contributed by atoms with Crippen molar-refractivity contribution in [2.24, 2.45) is 0 Å². The monoisotopic (exact) mass is 860 g/mol. The summed E-state index contributed by atoms with van der Waals surface area (Å²) in [5, 5.41) is 8.92. The molecule has 0 unspecified atom stereocenters. The zero-order valence-corrected chi connectivity index (χ0v) is 37.6. The first-order valence-corrected chi connectivity index (χ1v) is 21.8. The SMILES string of the molecule is C/C(=C1\C(=O)N2[C@@H](C(=O)OC(c3ccccc3)c3ccccc3)C(C)(C)S(=O)(=O)[C@H]12)c1ccccn1.C/C(=C1\C(=O)N2[C@@H](C(=O)[O-])C(C)(C)S(=O)(=O)[C@H]12)c1ccccn1.[Na+]. The van der Waals surface area contributed by atoms with Crippen molar-refractivity contribution in [3.63, 3.8) is 0 Å². The van der Waals surface area contributed by atoms with Crippen LogP contribution in [-0.2, 0) is 43.6 Å². The van der Waals surface area contributed by atoms with Gasteiger partial charge in [-0.15, -0.1) is 0 Å². The van der Waals surface area contributed by atoms with E-state index in [1.807, 2.05) is 60.7 Å². The van der Waals surface area contributed by atoms with E-state index in [0.717, 1.165) is 20.9 Å². The number of ether oxygens (including phenoxy) is 1. The van der Waals surface area contributed by atoms with Crippen LogP contribution in [-0.4, -0.2) is 92.7 Å². The van der Waals surface area contributed by atoms with Crippen molar-refractivity contribution in [3.05, 3.63) is 143 Å². The van der Waals surface area contributed by atoms with E-state index in [4.69, 9.17) is 4.74 Å². The van der Waals surface area contributed by atoms with E-state index in [9.17, 15) is 41.1 Å². The second kappa shape index (κ2) is 16.1. The second-order valence-electron chi connectivity index (χ2n) is 15.7. The van der Waals surface area contributed by atoms with Crippen LogP contribution in [0.5, 0.6) is 0 Å². The van der Waals surface area contributed by atoms with Gasteiger partial charge in [-0.25, -0.2) is 21.6 Å². The summed E-state index contributed by atoms with van der Waals surface area (Å²) in [4.78, 5) is 61.3. The van der Waals surface area contributed by atoms with Crippen molar-refractivity contribution in [1.29, 1.82) is 0 Å². The summed E-state index contributed by atoms with van der Waals surface area (Å²) in [6.45, 7) is 8.87. The summed E-state index contributed by atoms with van der Waals surface area (Å²) in [5.74, 6) is -3.41. The third-order valence-corrected chi connectivity index (χ3v) is 17.1. The molecule has 4 saturated heterocycles. The Bertz CT molecular complexity index is 2620. The first kappa shape index (κ1) is 44.5. The Morgan fingerprint density at radius 1 is 0.633 bits per heavy atom. The van der Waals surface area contributed by atoms with Crippen molar-refractivity contribution < 1.29 is 75.4 Å². The fraction of sp³-hybridized carbons (Fsp3) is 0.302. The fourth-order valence-corrected chi connectivity index (χ4v) is 12.6. The van der Waals surface area contributed by atoms with Crippen molar-refractivity contribution in [2.45, 2.75) is 80.0 Å². The normalized spacial score (nSPS) is 25.2. The number of sulfone groups is 2. The molecule has 6 heterocycles. The minimum absolute atomic E-state index is 0. The Morgan fingerprint density at radius 2 is 1.00 bits per heavy atom. The molecule has 8 rings (SSSR count). The molecule has 2 aromatic carbocycles. The zero-order chi connectivity index (χ0) is 42.8. The minimum atomic E-state index is -3.94. The summed E-state index contributed by atoms with van der Waals surface area (Å²) < 4.78 is 55.6. The first-order chi connectivity index (χ1) is 27.8. The van der Waals surface area contributed by atoms with E-state index in [0.29, 0.717) is 22.5 Å². The number of esters is 1. The van der Waals surface area contributed by atoms with E-state index in [1.54, 1.807) is 56.4 Å². The van der Waals surface area contributed by atoms with E-state index in [2.05, 4.69) is 9.97 Å². The van der Waals surface area contributed by atoms with Crippen LogP contribution in [0, 0.1) is 0 Å². The van der Waals surface area contributed by atoms with E-state index in [1.165, 1.54) is 33.9 Å². The molecule has 0 bridgehead atoms. The van der Waals surface area contributed by atoms with Crippen LogP contribution in [0.2, 0.25) is 0 Å². The minimum Gasteiger partial charge on any atom is -0.548 e. The predicted octanol–water partition coefficient (Wildman–Crippen LogP) is 0.285. The number of nitrogens with zero attached hydrogens (tertiary/aromatic N) is 4. The Morgan fingerprint density at radius 3 is 1.37 bits per heavy atom. The number of amides is 2. The Labute approximate surface area is 370 Å². The standard InChI is InChI=1S/C28H26N2O5S.C15H16N2O5S.Na/c1-18(21-16-10-11-17-29-21)22-25(31)30-24(28(2,3)36(33,34)26(22)30)27(32)35-23(19-12-6-4-7-13-19)20-14-8-5-9-15-20;1-8(9-6-4-5-7-16-9)10-12(18)17-11(14(19)20)15(2,3)23(21,22)13(10)17;/h4-17,23-24,26H,1-3H3;4-7,11,13H,1-3H3,(H,19,20);/q;;+1/p-1/b22-18-;10-8-;/t24-,26+;11-,13+;/m00./s1. The van der Waals surface area contributed by atoms with Crippen LogP contribution < -0.4 is 34.7 Å². The number of rotatable bonds is 7. The molecule has 4 aromatic rings. The van der Waals surface area contributed by atoms with Gasteiger partial charge in [-0.3, -0.25) is 19.6 Å². The van der Waals surface area contributed by atoms with Gasteiger partial charge >= 0.3 is 35.5 Å². The molecule has 2 aromatic heterocycles. The molecule has 4 atom stereocenters. The van der Waals surface area contributed by atoms with Gasteiger partial charge < -0.3 is 24.4 Å². The number of carbonyl (C=O) groups excluding carboxylic acids is 4. The van der Waals surface area contributed by atoms with Gasteiger partial charge in [-0.05, 0) is 88.1 Å². The maximum absolute atomic E-state index is 13.7. The van der Waals surface area contributed by atoms with Gasteiger partial charge in [-0.2, -0.15) is 0 Å². The number of carboxylic acid groups (broad SMARTS) is 1. The quantitative estimate of drug-likeness (QED) is 0.107. The summed E-state index contributed by atoms with van der Waals surface area (Å²) in [6.07, 6.45) is 2.37. The summed E-state index contributed by atoms with van der Waals surface area (Å²) >= 11 is 0. The number of β-lactam (4-membered cyclic amide) rings is 2. The van der Waals surface area contributed by atoms with Gasteiger partial charge in [0.1, 0.15) is 4.75 Å². The zero-order valence-electron chi connectivity index (χ0n) is 34.0. The maximum atomic E-state index is 13.7.